The number of hydrogen-bond donors (Lipinski definition) is 2. The molecular weight excluding hydrogens is 414 g/mol. The molecular formula is C23H27N3O4S. The Hall–Kier alpha value is -2.68. The predicted molar refractivity (Wildman–Crippen MR) is 120 cm³/mol. The van der Waals surface area contributed by atoms with Gasteiger partial charge in [-0.3, -0.25) is 4.79 Å². The Balaban J connectivity index is 1.49. The largest absolute Gasteiger partial charge is 0.379 e. The van der Waals surface area contributed by atoms with Crippen LogP contribution in [0.2, 0.25) is 0 Å². The van der Waals surface area contributed by atoms with Crippen LogP contribution >= 0.6 is 0 Å². The zero-order valence-corrected chi connectivity index (χ0v) is 18.8. The predicted octanol–water partition coefficient (Wildman–Crippen LogP) is 3.04. The summed E-state index contributed by atoms with van der Waals surface area (Å²) >= 11 is 0. The normalized spacial score (nSPS) is 15.3. The fourth-order valence-electron chi connectivity index (χ4n) is 3.92. The van der Waals surface area contributed by atoms with Gasteiger partial charge in [-0.15, -0.1) is 0 Å². The molecule has 31 heavy (non-hydrogen) atoms. The molecule has 1 aliphatic heterocycles. The van der Waals surface area contributed by atoms with Crippen molar-refractivity contribution in [1.82, 2.24) is 14.6 Å². The maximum Gasteiger partial charge on any atom is 0.251 e. The van der Waals surface area contributed by atoms with Gasteiger partial charge in [0, 0.05) is 36.3 Å². The van der Waals surface area contributed by atoms with Gasteiger partial charge in [0.05, 0.1) is 23.6 Å². The van der Waals surface area contributed by atoms with E-state index in [4.69, 9.17) is 4.74 Å². The number of aromatic nitrogens is 1. The number of rotatable bonds is 5. The van der Waals surface area contributed by atoms with Crippen molar-refractivity contribution in [3.8, 4) is 0 Å². The summed E-state index contributed by atoms with van der Waals surface area (Å²) in [5.74, 6) is -0.245. The third-order valence-corrected chi connectivity index (χ3v) is 7.72. The van der Waals surface area contributed by atoms with Crippen molar-refractivity contribution in [1.29, 1.82) is 0 Å². The summed E-state index contributed by atoms with van der Waals surface area (Å²) in [6.07, 6.45) is 0. The lowest BCUT2D eigenvalue weighted by Gasteiger charge is -2.26. The van der Waals surface area contributed by atoms with Gasteiger partial charge < -0.3 is 15.0 Å². The van der Waals surface area contributed by atoms with Crippen LogP contribution in [-0.4, -0.2) is 49.9 Å². The molecule has 0 saturated carbocycles. The van der Waals surface area contributed by atoms with E-state index in [-0.39, 0.29) is 10.8 Å². The summed E-state index contributed by atoms with van der Waals surface area (Å²) in [6.45, 7) is 8.02. The Kier molecular flexibility index (Phi) is 5.88. The molecule has 1 amide bonds. The standard InChI is InChI=1S/C23H27N3O4S/c1-15-12-19(22-21(13-15)16(2)17(3)25-22)14-24-23(27)18-4-6-20(7-5-18)31(28,29)26-8-10-30-11-9-26/h4-7,12-13,25H,8-11,14H2,1-3H3,(H,24,27). The van der Waals surface area contributed by atoms with Gasteiger partial charge in [0.1, 0.15) is 0 Å². The van der Waals surface area contributed by atoms with Crippen LogP contribution in [0.1, 0.15) is 32.7 Å². The monoisotopic (exact) mass is 441 g/mol. The van der Waals surface area contributed by atoms with Gasteiger partial charge in [-0.25, -0.2) is 8.42 Å². The van der Waals surface area contributed by atoms with Gasteiger partial charge in [-0.1, -0.05) is 11.6 Å². The average Bonchev–Trinajstić information content (AvgIpc) is 3.06. The van der Waals surface area contributed by atoms with Crippen molar-refractivity contribution in [3.63, 3.8) is 0 Å². The molecule has 0 radical (unpaired) electrons. The minimum Gasteiger partial charge on any atom is -0.379 e. The van der Waals surface area contributed by atoms with Crippen molar-refractivity contribution in [2.45, 2.75) is 32.2 Å². The summed E-state index contributed by atoms with van der Waals surface area (Å²) in [5.41, 5.74) is 5.94. The lowest BCUT2D eigenvalue weighted by Crippen LogP contribution is -2.40. The number of ether oxygens (including phenoxy) is 1. The molecule has 1 saturated heterocycles. The number of aryl methyl sites for hydroxylation is 3. The molecule has 4 rings (SSSR count). The molecule has 164 valence electrons. The smallest absolute Gasteiger partial charge is 0.251 e. The van der Waals surface area contributed by atoms with E-state index < -0.39 is 10.0 Å². The first kappa shape index (κ1) is 21.5. The van der Waals surface area contributed by atoms with E-state index in [9.17, 15) is 13.2 Å². The number of nitrogens with one attached hydrogen (secondary N) is 2. The molecule has 3 aromatic rings. The number of fused-ring (bicyclic) bond motifs is 1. The van der Waals surface area contributed by atoms with E-state index in [1.165, 1.54) is 27.4 Å². The molecule has 0 atom stereocenters. The molecule has 1 aromatic heterocycles. The van der Waals surface area contributed by atoms with Crippen molar-refractivity contribution < 1.29 is 17.9 Å². The maximum atomic E-state index is 12.7. The number of nitrogens with zero attached hydrogens (tertiary/aromatic N) is 1. The van der Waals surface area contributed by atoms with E-state index in [1.807, 2.05) is 13.8 Å². The van der Waals surface area contributed by atoms with Crippen molar-refractivity contribution >= 4 is 26.8 Å². The minimum absolute atomic E-state index is 0.184. The lowest BCUT2D eigenvalue weighted by atomic mass is 10.0. The fraction of sp³-hybridized carbons (Fsp3) is 0.348. The minimum atomic E-state index is -3.57. The van der Waals surface area contributed by atoms with Crippen molar-refractivity contribution in [2.24, 2.45) is 0 Å². The van der Waals surface area contributed by atoms with E-state index in [2.05, 4.69) is 29.4 Å². The number of carbonyl (C=O) groups is 1. The second-order valence-corrected chi connectivity index (χ2v) is 9.88. The summed E-state index contributed by atoms with van der Waals surface area (Å²) in [5, 5.41) is 4.12. The van der Waals surface area contributed by atoms with Gasteiger partial charge >= 0.3 is 0 Å². The zero-order chi connectivity index (χ0) is 22.2. The molecule has 7 nitrogen and oxygen atoms in total. The topological polar surface area (TPSA) is 91.5 Å². The van der Waals surface area contributed by atoms with E-state index >= 15 is 0 Å². The van der Waals surface area contributed by atoms with Gasteiger partial charge in [-0.05, 0) is 62.2 Å². The number of aromatic amines is 1. The number of morpholine rings is 1. The second-order valence-electron chi connectivity index (χ2n) is 7.95. The molecule has 1 fully saturated rings. The Morgan fingerprint density at radius 3 is 2.45 bits per heavy atom. The molecule has 0 unspecified atom stereocenters. The van der Waals surface area contributed by atoms with Crippen LogP contribution in [0.5, 0.6) is 0 Å². The van der Waals surface area contributed by atoms with Gasteiger partial charge in [0.25, 0.3) is 5.91 Å². The number of H-pyrrole nitrogens is 1. The average molecular weight is 442 g/mol. The Morgan fingerprint density at radius 2 is 1.77 bits per heavy atom. The molecule has 0 spiro atoms. The highest BCUT2D eigenvalue weighted by Crippen LogP contribution is 2.26. The molecule has 8 heteroatoms. The van der Waals surface area contributed by atoms with Crippen LogP contribution < -0.4 is 5.32 Å². The molecule has 2 heterocycles. The molecule has 2 N–H and O–H groups in total. The fourth-order valence-corrected chi connectivity index (χ4v) is 5.33. The van der Waals surface area contributed by atoms with Crippen molar-refractivity contribution in [2.75, 3.05) is 26.3 Å². The number of amides is 1. The van der Waals surface area contributed by atoms with Gasteiger partial charge in [-0.2, -0.15) is 4.31 Å². The SMILES string of the molecule is Cc1cc(CNC(=O)c2ccc(S(=O)(=O)N3CCOCC3)cc2)c2[nH]c(C)c(C)c2c1. The molecule has 2 aromatic carbocycles. The first-order valence-corrected chi connectivity index (χ1v) is 11.8. The summed E-state index contributed by atoms with van der Waals surface area (Å²) < 4.78 is 32.1. The number of benzene rings is 2. The lowest BCUT2D eigenvalue weighted by molar-refractivity contribution is 0.0730. The van der Waals surface area contributed by atoms with Crippen LogP contribution in [0.3, 0.4) is 0 Å². The highest BCUT2D eigenvalue weighted by molar-refractivity contribution is 7.89. The van der Waals surface area contributed by atoms with Gasteiger partial charge in [0.15, 0.2) is 0 Å². The first-order valence-electron chi connectivity index (χ1n) is 10.3. The second kappa shape index (κ2) is 8.45. The van der Waals surface area contributed by atoms with Crippen LogP contribution in [0, 0.1) is 20.8 Å². The summed E-state index contributed by atoms with van der Waals surface area (Å²) in [4.78, 5) is 16.3. The van der Waals surface area contributed by atoms with Crippen LogP contribution in [-0.2, 0) is 21.3 Å². The number of carbonyl (C=O) groups excluding carboxylic acids is 1. The highest BCUT2D eigenvalue weighted by atomic mass is 32.2. The third kappa shape index (κ3) is 4.23. The maximum absolute atomic E-state index is 12.7. The van der Waals surface area contributed by atoms with E-state index in [1.54, 1.807) is 12.1 Å². The Bertz CT molecular complexity index is 1220. The van der Waals surface area contributed by atoms with E-state index in [0.29, 0.717) is 38.4 Å². The van der Waals surface area contributed by atoms with Crippen LogP contribution in [0.4, 0.5) is 0 Å². The number of hydrogen-bond acceptors (Lipinski definition) is 4. The molecule has 0 bridgehead atoms. The third-order valence-electron chi connectivity index (χ3n) is 5.81. The summed E-state index contributed by atoms with van der Waals surface area (Å²) in [7, 11) is -3.57. The Morgan fingerprint density at radius 1 is 1.10 bits per heavy atom. The molecule has 1 aliphatic rings. The van der Waals surface area contributed by atoms with Crippen LogP contribution in [0.15, 0.2) is 41.3 Å². The number of sulfonamides is 1. The quantitative estimate of drug-likeness (QED) is 0.637. The zero-order valence-electron chi connectivity index (χ0n) is 18.0. The Labute approximate surface area is 182 Å². The highest BCUT2D eigenvalue weighted by Gasteiger charge is 2.26. The van der Waals surface area contributed by atoms with Crippen LogP contribution in [0.25, 0.3) is 10.9 Å². The summed E-state index contributed by atoms with van der Waals surface area (Å²) in [6, 6.07) is 10.3. The van der Waals surface area contributed by atoms with Crippen molar-refractivity contribution in [3.05, 3.63) is 64.3 Å². The molecule has 0 aliphatic carbocycles. The van der Waals surface area contributed by atoms with E-state index in [0.717, 1.165) is 22.3 Å². The van der Waals surface area contributed by atoms with Gasteiger partial charge in [0.2, 0.25) is 10.0 Å². The first-order chi connectivity index (χ1) is 14.8.